The topological polar surface area (TPSA) is 63.3 Å². The predicted octanol–water partition coefficient (Wildman–Crippen LogP) is 9.65. The second-order valence-corrected chi connectivity index (χ2v) is 11.8. The molecule has 7 nitrogen and oxygen atoms in total. The van der Waals surface area contributed by atoms with Gasteiger partial charge in [-0.2, -0.15) is 17.2 Å². The third-order valence-corrected chi connectivity index (χ3v) is 8.59. The van der Waals surface area contributed by atoms with Crippen molar-refractivity contribution in [3.63, 3.8) is 0 Å². The molecule has 3 heterocycles. The average molecular weight is 830 g/mol. The molecule has 0 aliphatic rings. The number of methoxy groups -OCH3 is 2. The third-order valence-electron chi connectivity index (χ3n) is 8.59. The van der Waals surface area contributed by atoms with Crippen molar-refractivity contribution in [2.24, 2.45) is 0 Å². The summed E-state index contributed by atoms with van der Waals surface area (Å²) in [5.41, 5.74) is 7.98. The maximum atomic E-state index is 6.48. The molecular formula is C41H38N4O3Pt. The first-order valence-corrected chi connectivity index (χ1v) is 16.5. The Morgan fingerprint density at radius 1 is 0.735 bits per heavy atom. The van der Waals surface area contributed by atoms with Crippen molar-refractivity contribution in [3.8, 4) is 45.6 Å². The molecule has 250 valence electrons. The standard InChI is InChI=1S/C41H38N4O3.Pt/c1-6-12-33-40(41-37(46-4)18-11-19-38(41)47-5)35(13-7-2)45(43-33)28-14-10-15-29(25-28)48-30-20-21-32-31-16-8-9-17-34(31)44(36(32)26-30)39-24-27(3)22-23-42-39;/h8-11,14-24H,6-7,12-13H2,1-5H3;/q-2;+2. The molecular weight excluding hydrogens is 792 g/mol. The van der Waals surface area contributed by atoms with Crippen LogP contribution in [-0.4, -0.2) is 33.6 Å². The van der Waals surface area contributed by atoms with E-state index in [2.05, 4.69) is 73.9 Å². The van der Waals surface area contributed by atoms with Crippen molar-refractivity contribution >= 4 is 21.8 Å². The van der Waals surface area contributed by atoms with Crippen LogP contribution in [0.2, 0.25) is 0 Å². The smallest absolute Gasteiger partial charge is 0.509 e. The summed E-state index contributed by atoms with van der Waals surface area (Å²) in [7, 11) is 3.39. The number of hydrogen-bond acceptors (Lipinski definition) is 5. The van der Waals surface area contributed by atoms with Crippen LogP contribution in [0.15, 0.2) is 91.1 Å². The molecule has 49 heavy (non-hydrogen) atoms. The second kappa shape index (κ2) is 14.7. The van der Waals surface area contributed by atoms with Crippen molar-refractivity contribution in [2.45, 2.75) is 46.5 Å². The molecule has 7 aromatic rings. The fourth-order valence-electron chi connectivity index (χ4n) is 6.52. The van der Waals surface area contributed by atoms with E-state index in [0.717, 1.165) is 98.6 Å². The SMILES string of the molecule is CCCc1nn(-c2[c-]c(Oc3[c-]c4c(cc3)c3ccccc3n4-c3cc(C)ccn3)ccc2)c(CCC)c1-c1c(OC)cccc1OC.[Pt+2]. The zero-order valence-corrected chi connectivity index (χ0v) is 30.6. The zero-order chi connectivity index (χ0) is 33.2. The van der Waals surface area contributed by atoms with E-state index in [9.17, 15) is 0 Å². The van der Waals surface area contributed by atoms with Crippen LogP contribution in [0.5, 0.6) is 23.0 Å². The number of ether oxygens (including phenoxy) is 3. The van der Waals surface area contributed by atoms with Gasteiger partial charge in [-0.15, -0.1) is 35.7 Å². The normalized spacial score (nSPS) is 11.1. The van der Waals surface area contributed by atoms with Gasteiger partial charge in [-0.05, 0) is 66.7 Å². The molecule has 0 amide bonds. The average Bonchev–Trinajstić information content (AvgIpc) is 3.63. The number of fused-ring (bicyclic) bond motifs is 3. The summed E-state index contributed by atoms with van der Waals surface area (Å²) in [6.07, 6.45) is 5.36. The van der Waals surface area contributed by atoms with Crippen LogP contribution in [-0.2, 0) is 33.9 Å². The van der Waals surface area contributed by atoms with Crippen LogP contribution in [0.4, 0.5) is 0 Å². The molecule has 4 aromatic carbocycles. The largest absolute Gasteiger partial charge is 2.00 e. The minimum Gasteiger partial charge on any atom is -0.509 e. The van der Waals surface area contributed by atoms with Crippen molar-refractivity contribution < 1.29 is 35.3 Å². The minimum absolute atomic E-state index is 0. The molecule has 0 spiro atoms. The Morgan fingerprint density at radius 3 is 2.20 bits per heavy atom. The second-order valence-electron chi connectivity index (χ2n) is 11.8. The zero-order valence-electron chi connectivity index (χ0n) is 28.3. The Kier molecular flexibility index (Phi) is 10.2. The Bertz CT molecular complexity index is 2230. The fourth-order valence-corrected chi connectivity index (χ4v) is 6.52. The molecule has 0 radical (unpaired) electrons. The maximum Gasteiger partial charge on any atom is 2.00 e. The summed E-state index contributed by atoms with van der Waals surface area (Å²) in [5.74, 6) is 3.53. The van der Waals surface area contributed by atoms with E-state index in [1.807, 2.05) is 59.4 Å². The summed E-state index contributed by atoms with van der Waals surface area (Å²) in [5, 5.41) is 7.41. The molecule has 0 saturated carbocycles. The van der Waals surface area contributed by atoms with Gasteiger partial charge in [0.2, 0.25) is 0 Å². The van der Waals surface area contributed by atoms with Crippen LogP contribution in [0, 0.1) is 19.1 Å². The van der Waals surface area contributed by atoms with E-state index < -0.39 is 0 Å². The molecule has 7 rings (SSSR count). The summed E-state index contributed by atoms with van der Waals surface area (Å²) in [6.45, 7) is 6.43. The quantitative estimate of drug-likeness (QED) is 0.122. The maximum absolute atomic E-state index is 6.48. The number of nitrogens with zero attached hydrogens (tertiary/aromatic N) is 4. The van der Waals surface area contributed by atoms with Crippen LogP contribution in [0.1, 0.15) is 43.6 Å². The molecule has 0 saturated heterocycles. The van der Waals surface area contributed by atoms with Crippen LogP contribution in [0.25, 0.3) is 44.4 Å². The predicted molar refractivity (Wildman–Crippen MR) is 191 cm³/mol. The number of benzene rings is 4. The molecule has 8 heteroatoms. The third kappa shape index (κ3) is 6.36. The number of rotatable bonds is 11. The molecule has 0 unspecified atom stereocenters. The van der Waals surface area contributed by atoms with Crippen molar-refractivity contribution in [3.05, 3.63) is 120 Å². The van der Waals surface area contributed by atoms with Gasteiger partial charge in [-0.3, -0.25) is 4.68 Å². The number of aromatic nitrogens is 4. The summed E-state index contributed by atoms with van der Waals surface area (Å²) in [6, 6.07) is 35.4. The number of aryl methyl sites for hydroxylation is 2. The first-order valence-electron chi connectivity index (χ1n) is 16.5. The Hall–Kier alpha value is -4.87. The molecule has 0 aliphatic carbocycles. The van der Waals surface area contributed by atoms with Crippen molar-refractivity contribution in [1.82, 2.24) is 19.3 Å². The molecule has 3 aromatic heterocycles. The fraction of sp³-hybridized carbons (Fsp3) is 0.220. The summed E-state index contributed by atoms with van der Waals surface area (Å²) in [4.78, 5) is 4.70. The van der Waals surface area contributed by atoms with E-state index >= 15 is 0 Å². The van der Waals surface area contributed by atoms with Gasteiger partial charge in [0.1, 0.15) is 17.3 Å². The monoisotopic (exact) mass is 829 g/mol. The summed E-state index contributed by atoms with van der Waals surface area (Å²) < 4.78 is 22.3. The van der Waals surface area contributed by atoms with Gasteiger partial charge in [-0.1, -0.05) is 56.5 Å². The summed E-state index contributed by atoms with van der Waals surface area (Å²) >= 11 is 0. The van der Waals surface area contributed by atoms with E-state index in [1.54, 1.807) is 14.2 Å². The molecule has 0 N–H and O–H groups in total. The van der Waals surface area contributed by atoms with Crippen molar-refractivity contribution in [2.75, 3.05) is 14.2 Å². The van der Waals surface area contributed by atoms with Gasteiger partial charge in [0.05, 0.1) is 31.2 Å². The minimum atomic E-state index is 0. The Morgan fingerprint density at radius 2 is 1.47 bits per heavy atom. The van der Waals surface area contributed by atoms with Gasteiger partial charge in [-0.25, -0.2) is 4.98 Å². The van der Waals surface area contributed by atoms with E-state index in [0.29, 0.717) is 11.5 Å². The van der Waals surface area contributed by atoms with Gasteiger partial charge in [0.25, 0.3) is 0 Å². The number of para-hydroxylation sites is 1. The molecule has 0 atom stereocenters. The molecule has 0 bridgehead atoms. The van der Waals surface area contributed by atoms with E-state index in [-0.39, 0.29) is 21.1 Å². The van der Waals surface area contributed by atoms with Gasteiger partial charge in [0.15, 0.2) is 0 Å². The Balaban J connectivity index is 0.00000417. The van der Waals surface area contributed by atoms with Gasteiger partial charge in [0, 0.05) is 28.8 Å². The molecule has 0 fully saturated rings. The first-order chi connectivity index (χ1) is 23.5. The van der Waals surface area contributed by atoms with Gasteiger partial charge < -0.3 is 18.8 Å². The van der Waals surface area contributed by atoms with Crippen LogP contribution in [0.3, 0.4) is 0 Å². The molecule has 0 aliphatic heterocycles. The first kappa shape index (κ1) is 34.0. The van der Waals surface area contributed by atoms with E-state index in [1.165, 1.54) is 0 Å². The van der Waals surface area contributed by atoms with E-state index in [4.69, 9.17) is 24.3 Å². The van der Waals surface area contributed by atoms with Gasteiger partial charge >= 0.3 is 21.1 Å². The number of hydrogen-bond donors (Lipinski definition) is 0. The van der Waals surface area contributed by atoms with Crippen LogP contribution < -0.4 is 14.2 Å². The van der Waals surface area contributed by atoms with Crippen LogP contribution >= 0.6 is 0 Å². The Labute approximate surface area is 301 Å². The number of pyridine rings is 1. The van der Waals surface area contributed by atoms with Crippen molar-refractivity contribution in [1.29, 1.82) is 0 Å².